The Labute approximate surface area is 175 Å². The lowest BCUT2D eigenvalue weighted by molar-refractivity contribution is 0.371. The van der Waals surface area contributed by atoms with Gasteiger partial charge in [-0.1, -0.05) is 6.07 Å². The number of nitrogens with one attached hydrogen (secondary N) is 1. The van der Waals surface area contributed by atoms with Gasteiger partial charge in [-0.2, -0.15) is 0 Å². The molecule has 1 fully saturated rings. The average molecular weight is 408 g/mol. The molecule has 0 radical (unpaired) electrons. The van der Waals surface area contributed by atoms with Gasteiger partial charge in [-0.3, -0.25) is 4.99 Å². The highest BCUT2D eigenvalue weighted by Crippen LogP contribution is 2.19. The van der Waals surface area contributed by atoms with Crippen LogP contribution in [0, 0.1) is 5.82 Å². The van der Waals surface area contributed by atoms with Crippen LogP contribution in [-0.2, 0) is 6.42 Å². The molecule has 1 N–H and O–H groups in total. The van der Waals surface area contributed by atoms with E-state index in [0.29, 0.717) is 18.9 Å². The molecule has 3 heterocycles. The molecule has 7 nitrogen and oxygen atoms in total. The van der Waals surface area contributed by atoms with Gasteiger partial charge in [0.15, 0.2) is 5.96 Å². The summed E-state index contributed by atoms with van der Waals surface area (Å²) < 4.78 is 18.6. The number of anilines is 1. The number of guanidine groups is 1. The van der Waals surface area contributed by atoms with Crippen molar-refractivity contribution in [1.29, 1.82) is 0 Å². The first kappa shape index (κ1) is 19.9. The molecule has 0 saturated carbocycles. The molecule has 4 rings (SSSR count). The van der Waals surface area contributed by atoms with Gasteiger partial charge in [0, 0.05) is 58.0 Å². The van der Waals surface area contributed by atoms with Crippen LogP contribution >= 0.6 is 0 Å². The monoisotopic (exact) mass is 408 g/mol. The van der Waals surface area contributed by atoms with Crippen LogP contribution in [0.3, 0.4) is 0 Å². The maximum absolute atomic E-state index is 13.1. The van der Waals surface area contributed by atoms with Gasteiger partial charge in [0.2, 0.25) is 5.89 Å². The fourth-order valence-electron chi connectivity index (χ4n) is 3.47. The first-order chi connectivity index (χ1) is 14.7. The van der Waals surface area contributed by atoms with Crippen molar-refractivity contribution < 1.29 is 8.81 Å². The van der Waals surface area contributed by atoms with E-state index in [1.54, 1.807) is 25.4 Å². The SMILES string of the molecule is CN=C(NCCc1coc(-c2ccc(F)cc2)n1)N1CCN(c2ccccn2)CC1. The van der Waals surface area contributed by atoms with E-state index in [1.807, 2.05) is 24.4 Å². The molecule has 1 aromatic carbocycles. The molecule has 1 aliphatic rings. The van der Waals surface area contributed by atoms with Crippen molar-refractivity contribution in [2.45, 2.75) is 6.42 Å². The summed E-state index contributed by atoms with van der Waals surface area (Å²) in [7, 11) is 1.80. The number of piperazine rings is 1. The summed E-state index contributed by atoms with van der Waals surface area (Å²) in [5.74, 6) is 2.13. The number of hydrogen-bond acceptors (Lipinski definition) is 5. The van der Waals surface area contributed by atoms with Gasteiger partial charge < -0.3 is 19.5 Å². The molecule has 2 aromatic heterocycles. The molecule has 0 unspecified atom stereocenters. The molecule has 0 bridgehead atoms. The standard InChI is InChI=1S/C22H25FN6O/c1-24-22(29-14-12-28(13-15-29)20-4-2-3-10-25-20)26-11-9-19-16-30-21(27-19)17-5-7-18(23)8-6-17/h2-8,10,16H,9,11-15H2,1H3,(H,24,26). The summed E-state index contributed by atoms with van der Waals surface area (Å²) in [4.78, 5) is 17.9. The molecule has 8 heteroatoms. The Morgan fingerprint density at radius 3 is 2.63 bits per heavy atom. The molecule has 0 amide bonds. The molecule has 156 valence electrons. The molecule has 0 spiro atoms. The lowest BCUT2D eigenvalue weighted by Gasteiger charge is -2.37. The van der Waals surface area contributed by atoms with Crippen molar-refractivity contribution >= 4 is 11.8 Å². The van der Waals surface area contributed by atoms with Crippen molar-refractivity contribution in [1.82, 2.24) is 20.2 Å². The highest BCUT2D eigenvalue weighted by Gasteiger charge is 2.20. The van der Waals surface area contributed by atoms with Crippen LogP contribution in [-0.4, -0.2) is 60.6 Å². The zero-order valence-corrected chi connectivity index (χ0v) is 17.0. The van der Waals surface area contributed by atoms with Gasteiger partial charge in [-0.25, -0.2) is 14.4 Å². The predicted molar refractivity (Wildman–Crippen MR) is 115 cm³/mol. The van der Waals surface area contributed by atoms with Crippen LogP contribution in [0.25, 0.3) is 11.5 Å². The number of aromatic nitrogens is 2. The van der Waals surface area contributed by atoms with E-state index in [2.05, 4.69) is 30.1 Å². The van der Waals surface area contributed by atoms with Crippen molar-refractivity contribution in [2.24, 2.45) is 4.99 Å². The molecule has 0 atom stereocenters. The summed E-state index contributed by atoms with van der Waals surface area (Å²) in [5.41, 5.74) is 1.61. The van der Waals surface area contributed by atoms with Crippen LogP contribution in [0.4, 0.5) is 10.2 Å². The molecule has 1 saturated heterocycles. The van der Waals surface area contributed by atoms with Crippen LogP contribution in [0.15, 0.2) is 64.3 Å². The summed E-state index contributed by atoms with van der Waals surface area (Å²) in [6, 6.07) is 12.1. The third-order valence-electron chi connectivity index (χ3n) is 5.07. The first-order valence-electron chi connectivity index (χ1n) is 10.0. The van der Waals surface area contributed by atoms with Crippen LogP contribution in [0.5, 0.6) is 0 Å². The lowest BCUT2D eigenvalue weighted by atomic mass is 10.2. The largest absolute Gasteiger partial charge is 0.444 e. The maximum atomic E-state index is 13.1. The van der Waals surface area contributed by atoms with Gasteiger partial charge in [-0.05, 0) is 36.4 Å². The van der Waals surface area contributed by atoms with E-state index in [1.165, 1.54) is 12.1 Å². The second-order valence-corrected chi connectivity index (χ2v) is 7.04. The van der Waals surface area contributed by atoms with E-state index in [9.17, 15) is 4.39 Å². The first-order valence-corrected chi connectivity index (χ1v) is 10.0. The number of aliphatic imine (C=N–C) groups is 1. The fourth-order valence-corrected chi connectivity index (χ4v) is 3.47. The van der Waals surface area contributed by atoms with Crippen molar-refractivity contribution in [3.63, 3.8) is 0 Å². The maximum Gasteiger partial charge on any atom is 0.226 e. The molecule has 3 aromatic rings. The number of rotatable bonds is 5. The highest BCUT2D eigenvalue weighted by molar-refractivity contribution is 5.80. The Bertz CT molecular complexity index is 965. The van der Waals surface area contributed by atoms with Crippen molar-refractivity contribution in [3.8, 4) is 11.5 Å². The Balaban J connectivity index is 1.26. The van der Waals surface area contributed by atoms with Crippen molar-refractivity contribution in [3.05, 3.63) is 66.4 Å². The highest BCUT2D eigenvalue weighted by atomic mass is 19.1. The smallest absolute Gasteiger partial charge is 0.226 e. The lowest BCUT2D eigenvalue weighted by Crippen LogP contribution is -2.53. The Hall–Kier alpha value is -3.42. The Morgan fingerprint density at radius 2 is 1.93 bits per heavy atom. The van der Waals surface area contributed by atoms with E-state index >= 15 is 0 Å². The third kappa shape index (κ3) is 4.76. The predicted octanol–water partition coefficient (Wildman–Crippen LogP) is 2.82. The third-order valence-corrected chi connectivity index (χ3v) is 5.07. The number of oxazole rings is 1. The van der Waals surface area contributed by atoms with Gasteiger partial charge in [0.1, 0.15) is 17.9 Å². The summed E-state index contributed by atoms with van der Waals surface area (Å²) in [6.07, 6.45) is 4.18. The minimum absolute atomic E-state index is 0.276. The van der Waals surface area contributed by atoms with Gasteiger partial charge in [0.05, 0.1) is 5.69 Å². The van der Waals surface area contributed by atoms with Crippen LogP contribution in [0.2, 0.25) is 0 Å². The zero-order valence-electron chi connectivity index (χ0n) is 17.0. The molecule has 1 aliphatic heterocycles. The fraction of sp³-hybridized carbons (Fsp3) is 0.318. The second-order valence-electron chi connectivity index (χ2n) is 7.04. The van der Waals surface area contributed by atoms with Crippen LogP contribution < -0.4 is 10.2 Å². The average Bonchev–Trinajstić information content (AvgIpc) is 3.27. The van der Waals surface area contributed by atoms with E-state index in [0.717, 1.165) is 49.2 Å². The molecule has 30 heavy (non-hydrogen) atoms. The number of pyridine rings is 1. The summed E-state index contributed by atoms with van der Waals surface area (Å²) >= 11 is 0. The Kier molecular flexibility index (Phi) is 6.22. The van der Waals surface area contributed by atoms with Gasteiger partial charge in [0.25, 0.3) is 0 Å². The van der Waals surface area contributed by atoms with Crippen molar-refractivity contribution in [2.75, 3.05) is 44.7 Å². The molecule has 0 aliphatic carbocycles. The van der Waals surface area contributed by atoms with Gasteiger partial charge in [-0.15, -0.1) is 0 Å². The molecular formula is C22H25FN6O. The number of benzene rings is 1. The summed E-state index contributed by atoms with van der Waals surface area (Å²) in [5, 5.41) is 3.41. The minimum atomic E-state index is -0.276. The second kappa shape index (κ2) is 9.39. The number of nitrogens with zero attached hydrogens (tertiary/aromatic N) is 5. The van der Waals surface area contributed by atoms with E-state index in [-0.39, 0.29) is 5.82 Å². The molecular weight excluding hydrogens is 383 g/mol. The quantitative estimate of drug-likeness (QED) is 0.517. The zero-order chi connectivity index (χ0) is 20.8. The normalized spacial score (nSPS) is 14.8. The minimum Gasteiger partial charge on any atom is -0.444 e. The van der Waals surface area contributed by atoms with Gasteiger partial charge >= 0.3 is 0 Å². The van der Waals surface area contributed by atoms with Crippen LogP contribution in [0.1, 0.15) is 5.69 Å². The Morgan fingerprint density at radius 1 is 1.13 bits per heavy atom. The van der Waals surface area contributed by atoms with E-state index < -0.39 is 0 Å². The topological polar surface area (TPSA) is 69.8 Å². The van der Waals surface area contributed by atoms with E-state index in [4.69, 9.17) is 4.42 Å². The number of halogens is 1. The number of hydrogen-bond donors (Lipinski definition) is 1. The summed E-state index contributed by atoms with van der Waals surface area (Å²) in [6.45, 7) is 4.27.